The molecule has 0 radical (unpaired) electrons. The Morgan fingerprint density at radius 2 is 1.96 bits per heavy atom. The van der Waals surface area contributed by atoms with Crippen LogP contribution in [0.4, 0.5) is 0 Å². The number of nitrogens with one attached hydrogen (secondary N) is 1. The molecule has 8 nitrogen and oxygen atoms in total. The van der Waals surface area contributed by atoms with Gasteiger partial charge in [0.15, 0.2) is 11.5 Å². The third-order valence-electron chi connectivity index (χ3n) is 4.09. The van der Waals surface area contributed by atoms with Crippen LogP contribution in [0.1, 0.15) is 41.3 Å². The molecule has 3 rings (SSSR count). The second-order valence-corrected chi connectivity index (χ2v) is 6.58. The van der Waals surface area contributed by atoms with Crippen LogP contribution in [-0.2, 0) is 16.8 Å². The lowest BCUT2D eigenvalue weighted by Crippen LogP contribution is -2.43. The molecule has 1 aromatic carbocycles. The number of amides is 2. The van der Waals surface area contributed by atoms with Gasteiger partial charge in [-0.2, -0.15) is 4.98 Å². The monoisotopic (exact) mass is 356 g/mol. The SMILES string of the molecule is Cc1ccccc1CC(=O)NC(C)(C)c1nc2c(c(C(N)=O)n1)OCO2. The van der Waals surface area contributed by atoms with Crippen molar-refractivity contribution in [3.05, 3.63) is 46.9 Å². The van der Waals surface area contributed by atoms with E-state index in [1.165, 1.54) is 0 Å². The molecule has 26 heavy (non-hydrogen) atoms. The maximum absolute atomic E-state index is 12.5. The van der Waals surface area contributed by atoms with Gasteiger partial charge in [0, 0.05) is 0 Å². The molecule has 8 heteroatoms. The lowest BCUT2D eigenvalue weighted by Gasteiger charge is -2.25. The zero-order chi connectivity index (χ0) is 18.9. The van der Waals surface area contributed by atoms with Gasteiger partial charge >= 0.3 is 0 Å². The summed E-state index contributed by atoms with van der Waals surface area (Å²) in [5, 5.41) is 2.89. The molecule has 2 heterocycles. The summed E-state index contributed by atoms with van der Waals surface area (Å²) < 4.78 is 10.4. The van der Waals surface area contributed by atoms with Gasteiger partial charge < -0.3 is 20.5 Å². The Bertz CT molecular complexity index is 879. The van der Waals surface area contributed by atoms with E-state index in [1.807, 2.05) is 31.2 Å². The third kappa shape index (κ3) is 3.44. The molecule has 0 bridgehead atoms. The number of fused-ring (bicyclic) bond motifs is 1. The molecule has 0 aliphatic carbocycles. The fourth-order valence-electron chi connectivity index (χ4n) is 2.68. The lowest BCUT2D eigenvalue weighted by molar-refractivity contribution is -0.122. The fourth-order valence-corrected chi connectivity index (χ4v) is 2.68. The number of benzene rings is 1. The molecule has 0 spiro atoms. The summed E-state index contributed by atoms with van der Waals surface area (Å²) in [6.45, 7) is 5.37. The molecule has 0 atom stereocenters. The normalized spacial score (nSPS) is 12.7. The van der Waals surface area contributed by atoms with E-state index in [4.69, 9.17) is 15.2 Å². The van der Waals surface area contributed by atoms with E-state index < -0.39 is 11.4 Å². The Morgan fingerprint density at radius 3 is 2.65 bits per heavy atom. The fraction of sp³-hybridized carbons (Fsp3) is 0.333. The quantitative estimate of drug-likeness (QED) is 0.832. The summed E-state index contributed by atoms with van der Waals surface area (Å²) in [5.41, 5.74) is 6.33. The van der Waals surface area contributed by atoms with Crippen molar-refractivity contribution >= 4 is 11.8 Å². The van der Waals surface area contributed by atoms with Crippen molar-refractivity contribution in [3.63, 3.8) is 0 Å². The summed E-state index contributed by atoms with van der Waals surface area (Å²) in [6, 6.07) is 7.67. The van der Waals surface area contributed by atoms with Crippen molar-refractivity contribution in [2.45, 2.75) is 32.7 Å². The molecule has 0 saturated heterocycles. The first kappa shape index (κ1) is 17.7. The summed E-state index contributed by atoms with van der Waals surface area (Å²) in [4.78, 5) is 32.6. The number of hydrogen-bond acceptors (Lipinski definition) is 6. The van der Waals surface area contributed by atoms with Crippen LogP contribution in [0.2, 0.25) is 0 Å². The highest BCUT2D eigenvalue weighted by atomic mass is 16.7. The number of carbonyl (C=O) groups is 2. The molecule has 1 aliphatic heterocycles. The zero-order valence-electron chi connectivity index (χ0n) is 14.8. The minimum atomic E-state index is -0.940. The summed E-state index contributed by atoms with van der Waals surface area (Å²) in [7, 11) is 0. The first-order valence-electron chi connectivity index (χ1n) is 8.11. The van der Waals surface area contributed by atoms with Crippen LogP contribution in [0, 0.1) is 6.92 Å². The molecule has 2 aromatic rings. The van der Waals surface area contributed by atoms with Crippen LogP contribution in [0.5, 0.6) is 11.6 Å². The average Bonchev–Trinajstić information content (AvgIpc) is 3.04. The van der Waals surface area contributed by atoms with E-state index in [1.54, 1.807) is 13.8 Å². The molecular formula is C18H20N4O4. The smallest absolute Gasteiger partial charge is 0.271 e. The Kier molecular flexibility index (Phi) is 4.50. The highest BCUT2D eigenvalue weighted by molar-refractivity contribution is 5.94. The second kappa shape index (κ2) is 6.62. The second-order valence-electron chi connectivity index (χ2n) is 6.58. The minimum Gasteiger partial charge on any atom is -0.449 e. The van der Waals surface area contributed by atoms with Gasteiger partial charge in [-0.25, -0.2) is 4.98 Å². The number of ether oxygens (including phenoxy) is 2. The van der Waals surface area contributed by atoms with Gasteiger partial charge in [0.2, 0.25) is 18.4 Å². The Labute approximate surface area is 150 Å². The number of rotatable bonds is 5. The van der Waals surface area contributed by atoms with Crippen LogP contribution in [0.15, 0.2) is 24.3 Å². The van der Waals surface area contributed by atoms with Gasteiger partial charge in [0.25, 0.3) is 11.8 Å². The van der Waals surface area contributed by atoms with Crippen LogP contribution in [-0.4, -0.2) is 28.6 Å². The number of nitrogens with zero attached hydrogens (tertiary/aromatic N) is 2. The van der Waals surface area contributed by atoms with E-state index in [-0.39, 0.29) is 42.3 Å². The van der Waals surface area contributed by atoms with Crippen molar-refractivity contribution < 1.29 is 19.1 Å². The van der Waals surface area contributed by atoms with E-state index in [9.17, 15) is 9.59 Å². The maximum Gasteiger partial charge on any atom is 0.271 e. The summed E-state index contributed by atoms with van der Waals surface area (Å²) >= 11 is 0. The topological polar surface area (TPSA) is 116 Å². The predicted molar refractivity (Wildman–Crippen MR) is 92.7 cm³/mol. The lowest BCUT2D eigenvalue weighted by atomic mass is 10.0. The molecule has 1 aliphatic rings. The van der Waals surface area contributed by atoms with Crippen molar-refractivity contribution in [2.75, 3.05) is 6.79 Å². The highest BCUT2D eigenvalue weighted by Gasteiger charge is 2.32. The molecule has 136 valence electrons. The molecule has 0 unspecified atom stereocenters. The third-order valence-corrected chi connectivity index (χ3v) is 4.09. The van der Waals surface area contributed by atoms with Gasteiger partial charge in [0.1, 0.15) is 0 Å². The maximum atomic E-state index is 12.5. The molecule has 1 aromatic heterocycles. The van der Waals surface area contributed by atoms with Crippen molar-refractivity contribution in [2.24, 2.45) is 5.73 Å². The van der Waals surface area contributed by atoms with Crippen LogP contribution < -0.4 is 20.5 Å². The van der Waals surface area contributed by atoms with E-state index >= 15 is 0 Å². The first-order valence-corrected chi connectivity index (χ1v) is 8.11. The zero-order valence-corrected chi connectivity index (χ0v) is 14.8. The molecule has 3 N–H and O–H groups in total. The van der Waals surface area contributed by atoms with E-state index in [0.29, 0.717) is 0 Å². The first-order chi connectivity index (χ1) is 12.3. The minimum absolute atomic E-state index is 0.0617. The summed E-state index contributed by atoms with van der Waals surface area (Å²) in [6.07, 6.45) is 0.226. The number of primary amides is 1. The predicted octanol–water partition coefficient (Wildman–Crippen LogP) is 1.21. The van der Waals surface area contributed by atoms with Gasteiger partial charge in [0.05, 0.1) is 12.0 Å². The Morgan fingerprint density at radius 1 is 1.23 bits per heavy atom. The number of aromatic nitrogens is 2. The van der Waals surface area contributed by atoms with Crippen molar-refractivity contribution in [1.29, 1.82) is 0 Å². The van der Waals surface area contributed by atoms with E-state index in [0.717, 1.165) is 11.1 Å². The van der Waals surface area contributed by atoms with E-state index in [2.05, 4.69) is 15.3 Å². The number of hydrogen-bond donors (Lipinski definition) is 2. The van der Waals surface area contributed by atoms with Crippen molar-refractivity contribution in [1.82, 2.24) is 15.3 Å². The highest BCUT2D eigenvalue weighted by Crippen LogP contribution is 2.34. The number of aryl methyl sites for hydroxylation is 1. The van der Waals surface area contributed by atoms with Crippen LogP contribution in [0.25, 0.3) is 0 Å². The Balaban J connectivity index is 1.84. The van der Waals surface area contributed by atoms with Crippen molar-refractivity contribution in [3.8, 4) is 11.6 Å². The van der Waals surface area contributed by atoms with Gasteiger partial charge in [-0.3, -0.25) is 9.59 Å². The molecule has 2 amide bonds. The molecule has 0 saturated carbocycles. The largest absolute Gasteiger partial charge is 0.449 e. The van der Waals surface area contributed by atoms with Gasteiger partial charge in [-0.05, 0) is 31.9 Å². The molecular weight excluding hydrogens is 336 g/mol. The Hall–Kier alpha value is -3.16. The standard InChI is InChI=1S/C18H20N4O4/c1-10-6-4-5-7-11(10)8-12(23)22-18(2,3)17-20-13(15(19)24)14-16(21-17)26-9-25-14/h4-7H,8-9H2,1-3H3,(H2,19,24)(H,22,23). The number of carbonyl (C=O) groups excluding carboxylic acids is 2. The number of nitrogens with two attached hydrogens (primary N) is 1. The average molecular weight is 356 g/mol. The van der Waals surface area contributed by atoms with Gasteiger partial charge in [-0.1, -0.05) is 24.3 Å². The van der Waals surface area contributed by atoms with Gasteiger partial charge in [-0.15, -0.1) is 0 Å². The van der Waals surface area contributed by atoms with Crippen LogP contribution >= 0.6 is 0 Å². The van der Waals surface area contributed by atoms with Crippen LogP contribution in [0.3, 0.4) is 0 Å². The molecule has 0 fully saturated rings. The summed E-state index contributed by atoms with van der Waals surface area (Å²) in [5.74, 6) is -0.453.